The minimum absolute atomic E-state index is 0.0327. The molecule has 2 rings (SSSR count). The largest absolute Gasteiger partial charge is 0.445 e. The molecule has 8 heteroatoms. The summed E-state index contributed by atoms with van der Waals surface area (Å²) in [6.45, 7) is 1.82. The molecule has 7 nitrogen and oxygen atoms in total. The van der Waals surface area contributed by atoms with Crippen LogP contribution in [0.25, 0.3) is 0 Å². The highest BCUT2D eigenvalue weighted by Gasteiger charge is 2.24. The Morgan fingerprint density at radius 3 is 2.52 bits per heavy atom. The summed E-state index contributed by atoms with van der Waals surface area (Å²) < 4.78 is 5.08. The quantitative estimate of drug-likeness (QED) is 0.676. The van der Waals surface area contributed by atoms with Gasteiger partial charge in [-0.05, 0) is 30.2 Å². The Labute approximate surface area is 161 Å². The van der Waals surface area contributed by atoms with E-state index in [9.17, 15) is 14.4 Å². The summed E-state index contributed by atoms with van der Waals surface area (Å²) in [6, 6.07) is 12.9. The molecule has 2 aromatic rings. The fraction of sp³-hybridized carbons (Fsp3) is 0.211. The van der Waals surface area contributed by atoms with Crippen LogP contribution in [0.4, 0.5) is 10.5 Å². The number of primary amides is 1. The van der Waals surface area contributed by atoms with Gasteiger partial charge in [-0.15, -0.1) is 0 Å². The highest BCUT2D eigenvalue weighted by Crippen LogP contribution is 2.20. The van der Waals surface area contributed by atoms with E-state index in [1.807, 2.05) is 18.2 Å². The van der Waals surface area contributed by atoms with Crippen LogP contribution in [0.15, 0.2) is 48.5 Å². The van der Waals surface area contributed by atoms with Crippen LogP contribution in [0, 0.1) is 6.92 Å². The Morgan fingerprint density at radius 2 is 1.85 bits per heavy atom. The van der Waals surface area contributed by atoms with Gasteiger partial charge in [-0.25, -0.2) is 4.79 Å². The Balaban J connectivity index is 2.00. The molecule has 0 unspecified atom stereocenters. The summed E-state index contributed by atoms with van der Waals surface area (Å²) in [6.07, 6.45) is -1.20. The average Bonchev–Trinajstić information content (AvgIpc) is 2.63. The molecule has 0 radical (unpaired) electrons. The second-order valence-electron chi connectivity index (χ2n) is 5.88. The van der Waals surface area contributed by atoms with Crippen LogP contribution in [0.1, 0.15) is 17.5 Å². The molecule has 0 aliphatic carbocycles. The zero-order chi connectivity index (χ0) is 19.8. The lowest BCUT2D eigenvalue weighted by atomic mass is 10.1. The van der Waals surface area contributed by atoms with E-state index < -0.39 is 23.9 Å². The third-order valence-electron chi connectivity index (χ3n) is 3.68. The zero-order valence-corrected chi connectivity index (χ0v) is 15.5. The number of nitrogens with two attached hydrogens (primary N) is 1. The highest BCUT2D eigenvalue weighted by atomic mass is 35.5. The summed E-state index contributed by atoms with van der Waals surface area (Å²) >= 11 is 5.93. The summed E-state index contributed by atoms with van der Waals surface area (Å²) in [5.74, 6) is -1.34. The number of amides is 3. The minimum atomic E-state index is -1.18. The van der Waals surface area contributed by atoms with Gasteiger partial charge in [0.1, 0.15) is 12.6 Å². The van der Waals surface area contributed by atoms with Crippen LogP contribution >= 0.6 is 11.6 Å². The number of carbonyl (C=O) groups excluding carboxylic acids is 3. The third-order valence-corrected chi connectivity index (χ3v) is 3.92. The molecule has 142 valence electrons. The second-order valence-corrected chi connectivity index (χ2v) is 6.31. The van der Waals surface area contributed by atoms with E-state index in [-0.39, 0.29) is 13.0 Å². The van der Waals surface area contributed by atoms with Crippen molar-refractivity contribution in [2.24, 2.45) is 5.73 Å². The molecular formula is C19H20ClN3O4. The number of carbonyl (C=O) groups is 3. The van der Waals surface area contributed by atoms with Crippen molar-refractivity contribution in [2.75, 3.05) is 5.32 Å². The number of aryl methyl sites for hydroxylation is 1. The van der Waals surface area contributed by atoms with E-state index in [4.69, 9.17) is 22.1 Å². The Hall–Kier alpha value is -3.06. The predicted octanol–water partition coefficient (Wildman–Crippen LogP) is 2.76. The molecule has 3 amide bonds. The molecule has 1 atom stereocenters. The molecule has 0 bridgehead atoms. The van der Waals surface area contributed by atoms with Gasteiger partial charge in [-0.1, -0.05) is 48.0 Å². The van der Waals surface area contributed by atoms with Gasteiger partial charge in [-0.2, -0.15) is 0 Å². The number of hydrogen-bond donors (Lipinski definition) is 3. The van der Waals surface area contributed by atoms with Crippen LogP contribution in [-0.2, 0) is 20.9 Å². The molecule has 0 aromatic heterocycles. The van der Waals surface area contributed by atoms with Crippen LogP contribution in [0.3, 0.4) is 0 Å². The van der Waals surface area contributed by atoms with Crippen molar-refractivity contribution < 1.29 is 19.1 Å². The molecule has 4 N–H and O–H groups in total. The third kappa shape index (κ3) is 6.63. The van der Waals surface area contributed by atoms with Gasteiger partial charge in [-0.3, -0.25) is 9.59 Å². The van der Waals surface area contributed by atoms with Crippen molar-refractivity contribution in [3.8, 4) is 0 Å². The van der Waals surface area contributed by atoms with Crippen molar-refractivity contribution in [1.82, 2.24) is 5.32 Å². The monoisotopic (exact) mass is 389 g/mol. The average molecular weight is 390 g/mol. The molecule has 0 aliphatic heterocycles. The van der Waals surface area contributed by atoms with Crippen LogP contribution in [0.5, 0.6) is 0 Å². The number of alkyl carbamates (subject to hydrolysis) is 1. The number of hydrogen-bond acceptors (Lipinski definition) is 4. The first kappa shape index (κ1) is 20.3. The number of halogens is 1. The highest BCUT2D eigenvalue weighted by molar-refractivity contribution is 6.31. The number of rotatable bonds is 7. The molecule has 0 saturated heterocycles. The van der Waals surface area contributed by atoms with Crippen molar-refractivity contribution in [3.05, 3.63) is 64.7 Å². The van der Waals surface area contributed by atoms with Gasteiger partial charge in [0, 0.05) is 10.7 Å². The van der Waals surface area contributed by atoms with Gasteiger partial charge in [0.25, 0.3) is 0 Å². The van der Waals surface area contributed by atoms with E-state index in [0.29, 0.717) is 10.7 Å². The van der Waals surface area contributed by atoms with Crippen molar-refractivity contribution >= 4 is 35.2 Å². The fourth-order valence-electron chi connectivity index (χ4n) is 2.27. The summed E-state index contributed by atoms with van der Waals surface area (Å²) in [4.78, 5) is 35.8. The van der Waals surface area contributed by atoms with Crippen LogP contribution < -0.4 is 16.4 Å². The van der Waals surface area contributed by atoms with E-state index in [2.05, 4.69) is 10.6 Å². The molecule has 0 fully saturated rings. The first-order chi connectivity index (χ1) is 12.8. The summed E-state index contributed by atoms with van der Waals surface area (Å²) in [7, 11) is 0. The van der Waals surface area contributed by atoms with Crippen LogP contribution in [-0.4, -0.2) is 23.9 Å². The maximum atomic E-state index is 12.5. The topological polar surface area (TPSA) is 111 Å². The Kier molecular flexibility index (Phi) is 7.19. The summed E-state index contributed by atoms with van der Waals surface area (Å²) in [5, 5.41) is 5.44. The number of benzene rings is 2. The molecule has 0 heterocycles. The van der Waals surface area contributed by atoms with Gasteiger partial charge in [0.05, 0.1) is 6.42 Å². The predicted molar refractivity (Wildman–Crippen MR) is 102 cm³/mol. The molecule has 0 spiro atoms. The maximum absolute atomic E-state index is 12.5. The van der Waals surface area contributed by atoms with Gasteiger partial charge in [0.15, 0.2) is 0 Å². The molecule has 0 aliphatic rings. The Bertz CT molecular complexity index is 827. The first-order valence-corrected chi connectivity index (χ1v) is 8.55. The zero-order valence-electron chi connectivity index (χ0n) is 14.7. The number of nitrogens with one attached hydrogen (secondary N) is 2. The first-order valence-electron chi connectivity index (χ1n) is 8.17. The standard InChI is InChI=1S/C19H20ClN3O4/c1-12-7-8-14(20)9-15(12)22-18(25)16(10-17(21)24)23-19(26)27-11-13-5-3-2-4-6-13/h2-9,16H,10-11H2,1H3,(H2,21,24)(H,22,25)(H,23,26)/t16-/m0/s1. The van der Waals surface area contributed by atoms with Crippen molar-refractivity contribution in [3.63, 3.8) is 0 Å². The lowest BCUT2D eigenvalue weighted by Gasteiger charge is -2.18. The van der Waals surface area contributed by atoms with Crippen LogP contribution in [0.2, 0.25) is 5.02 Å². The van der Waals surface area contributed by atoms with Gasteiger partial charge < -0.3 is 21.1 Å². The van der Waals surface area contributed by atoms with Gasteiger partial charge >= 0.3 is 6.09 Å². The minimum Gasteiger partial charge on any atom is -0.445 e. The lowest BCUT2D eigenvalue weighted by Crippen LogP contribution is -2.46. The number of anilines is 1. The fourth-order valence-corrected chi connectivity index (χ4v) is 2.44. The second kappa shape index (κ2) is 9.59. The lowest BCUT2D eigenvalue weighted by molar-refractivity contribution is -0.123. The Morgan fingerprint density at radius 1 is 1.15 bits per heavy atom. The van der Waals surface area contributed by atoms with Crippen molar-refractivity contribution in [2.45, 2.75) is 26.0 Å². The molecule has 2 aromatic carbocycles. The van der Waals surface area contributed by atoms with Gasteiger partial charge in [0.2, 0.25) is 11.8 Å². The number of ether oxygens (including phenoxy) is 1. The van der Waals surface area contributed by atoms with E-state index in [1.165, 1.54) is 0 Å². The SMILES string of the molecule is Cc1ccc(Cl)cc1NC(=O)[C@H](CC(N)=O)NC(=O)OCc1ccccc1. The smallest absolute Gasteiger partial charge is 0.408 e. The summed E-state index contributed by atoms with van der Waals surface area (Å²) in [5.41, 5.74) is 7.23. The maximum Gasteiger partial charge on any atom is 0.408 e. The van der Waals surface area contributed by atoms with E-state index in [1.54, 1.807) is 37.3 Å². The van der Waals surface area contributed by atoms with Crippen molar-refractivity contribution in [1.29, 1.82) is 0 Å². The molecule has 0 saturated carbocycles. The van der Waals surface area contributed by atoms with E-state index >= 15 is 0 Å². The van der Waals surface area contributed by atoms with E-state index in [0.717, 1.165) is 11.1 Å². The molecule has 27 heavy (non-hydrogen) atoms. The molecular weight excluding hydrogens is 370 g/mol. The normalized spacial score (nSPS) is 11.3.